The van der Waals surface area contributed by atoms with E-state index in [1.165, 1.54) is 6.92 Å². The molecule has 0 radical (unpaired) electrons. The number of benzene rings is 8. The average Bonchev–Trinajstić information content (AvgIpc) is 1.75. The van der Waals surface area contributed by atoms with Crippen LogP contribution in [0.4, 0.5) is 17.1 Å². The quantitative estimate of drug-likeness (QED) is 0.167. The zero-order valence-electron chi connectivity index (χ0n) is 57.3. The van der Waals surface area contributed by atoms with Gasteiger partial charge < -0.3 is 9.47 Å². The lowest BCUT2D eigenvalue weighted by Crippen LogP contribution is -2.11. The number of fused-ring (bicyclic) bond motifs is 6. The molecule has 0 aliphatic carbocycles. The van der Waals surface area contributed by atoms with Gasteiger partial charge in [0.15, 0.2) is 0 Å². The van der Waals surface area contributed by atoms with E-state index in [2.05, 4.69) is 0 Å². The number of rotatable bonds is 6. The lowest BCUT2D eigenvalue weighted by molar-refractivity contribution is 1.15. The van der Waals surface area contributed by atoms with Crippen LogP contribution in [-0.2, 0) is 0 Å². The summed E-state index contributed by atoms with van der Waals surface area (Å²) in [6.45, 7) is 1.17. The van der Waals surface area contributed by atoms with E-state index in [0.29, 0.717) is 16.2 Å². The SMILES string of the molecule is [2H]c1c([2H])c([2H])c(-c2c([2H])c([2H])c(N(c3c([2H])c([2H])c([2H])c([2H])c3[2H])c3c([2H])c([2H])c4c(sc5c([2H])c([2H])c([2H])c([2H])c54)c3-c3c([2H])c([2H])c([2H])c(-n4c5c([2H])c([2H])c([2H])c([2H])c5c5c([2H])c([2H])c([2H])c([2H])c54)c3C)c([2H])c2[2H])c([2H])c1[2H]. The van der Waals surface area contributed by atoms with Gasteiger partial charge in [-0.25, -0.2) is 0 Å². The van der Waals surface area contributed by atoms with Gasteiger partial charge in [-0.15, -0.1) is 11.3 Å². The van der Waals surface area contributed by atoms with Crippen molar-refractivity contribution in [2.75, 3.05) is 4.90 Å². The number of hydrogen-bond donors (Lipinski definition) is 0. The molecule has 0 aliphatic heterocycles. The lowest BCUT2D eigenvalue weighted by atomic mass is 9.94. The van der Waals surface area contributed by atoms with Crippen LogP contribution in [0.1, 0.15) is 48.1 Å². The van der Waals surface area contributed by atoms with E-state index in [-0.39, 0.29) is 4.70 Å². The molecule has 0 spiro atoms. The highest BCUT2D eigenvalue weighted by Gasteiger charge is 2.24. The van der Waals surface area contributed by atoms with Crippen molar-refractivity contribution in [3.63, 3.8) is 0 Å². The second-order valence-corrected chi connectivity index (χ2v) is 12.0. The highest BCUT2D eigenvalue weighted by Crippen LogP contribution is 2.50. The maximum Gasteiger partial charge on any atom is 0.0645 e. The number of thiophene rings is 1. The molecule has 0 aliphatic rings. The van der Waals surface area contributed by atoms with Crippen LogP contribution in [0.5, 0.6) is 0 Å². The Morgan fingerprint density at radius 2 is 1.06 bits per heavy atom. The first-order valence-electron chi connectivity index (χ1n) is 30.7. The fourth-order valence-corrected chi connectivity index (χ4v) is 7.11. The molecule has 246 valence electrons. The third kappa shape index (κ3) is 4.85. The Morgan fingerprint density at radius 3 is 1.77 bits per heavy atom. The van der Waals surface area contributed by atoms with Crippen LogP contribution in [0.25, 0.3) is 69.9 Å². The van der Waals surface area contributed by atoms with Crippen LogP contribution in [0.15, 0.2) is 187 Å². The standard InChI is InChI=1S/C49H34N2S/c1-33-38(22-14-25-43(33)51-44-23-11-8-19-39(44)40-20-9-12-24-45(40)51)48-46(32-31-42-41-21-10-13-26-47(41)52-49(42)48)50(36-17-6-3-7-18-36)37-29-27-35(28-30-37)34-15-4-2-5-16-34/h2-32H,1H3/i2D,3D,4D,5D,6D,7D,8D,9D,10D,11D,12D,13D,14D,15D,16D,17D,18D,19D,20D,21D,22D,23D,24D,25D,26D,27D,28D,29D,30D,31D,32D. The minimum absolute atomic E-state index is 0.305. The van der Waals surface area contributed by atoms with Gasteiger partial charge in [-0.05, 0) is 83.6 Å². The van der Waals surface area contributed by atoms with Crippen molar-refractivity contribution in [2.45, 2.75) is 6.92 Å². The Bertz CT molecular complexity index is 4550. The van der Waals surface area contributed by atoms with Gasteiger partial charge >= 0.3 is 0 Å². The van der Waals surface area contributed by atoms with Crippen molar-refractivity contribution in [3.05, 3.63) is 193 Å². The molecule has 0 fully saturated rings. The number of nitrogens with zero attached hydrogens (tertiary/aromatic N) is 2. The molecule has 0 unspecified atom stereocenters. The molecule has 2 nitrogen and oxygen atoms in total. The predicted octanol–water partition coefficient (Wildman–Crippen LogP) is 14.3. The van der Waals surface area contributed by atoms with Crippen LogP contribution < -0.4 is 4.90 Å². The van der Waals surface area contributed by atoms with E-state index in [1.54, 1.807) is 0 Å². The third-order valence-electron chi connectivity index (χ3n) is 8.23. The summed E-state index contributed by atoms with van der Waals surface area (Å²) in [5, 5.41) is -1.83. The van der Waals surface area contributed by atoms with Gasteiger partial charge in [0.2, 0.25) is 0 Å². The lowest BCUT2D eigenvalue weighted by Gasteiger charge is -2.29. The molecule has 0 amide bonds. The van der Waals surface area contributed by atoms with Gasteiger partial charge in [-0.1, -0.05) is 133 Å². The molecular formula is C49H34N2S. The summed E-state index contributed by atoms with van der Waals surface area (Å²) in [6.07, 6.45) is 0. The molecule has 2 aromatic heterocycles. The van der Waals surface area contributed by atoms with Crippen molar-refractivity contribution in [1.82, 2.24) is 4.57 Å². The van der Waals surface area contributed by atoms with Gasteiger partial charge in [-0.2, -0.15) is 0 Å². The molecule has 0 saturated carbocycles. The molecule has 0 N–H and O–H groups in total. The van der Waals surface area contributed by atoms with Gasteiger partial charge in [0.1, 0.15) is 0 Å². The summed E-state index contributed by atoms with van der Waals surface area (Å²) >= 11 is 0.484. The summed E-state index contributed by atoms with van der Waals surface area (Å²) in [7, 11) is 0. The Hall–Kier alpha value is -6.42. The zero-order valence-corrected chi connectivity index (χ0v) is 27.1. The summed E-state index contributed by atoms with van der Waals surface area (Å²) in [6, 6.07) is -30.1. The molecule has 2 heterocycles. The molecule has 3 heteroatoms. The Labute approximate surface area is 350 Å². The second kappa shape index (κ2) is 12.4. The van der Waals surface area contributed by atoms with Crippen LogP contribution in [0, 0.1) is 6.92 Å². The molecular weight excluding hydrogens is 649 g/mol. The zero-order chi connectivity index (χ0) is 61.6. The molecule has 0 bridgehead atoms. The fraction of sp³-hybridized carbons (Fsp3) is 0.0204. The van der Waals surface area contributed by atoms with Crippen LogP contribution in [-0.4, -0.2) is 4.57 Å². The number of hydrogen-bond acceptors (Lipinski definition) is 2. The van der Waals surface area contributed by atoms with Crippen molar-refractivity contribution in [1.29, 1.82) is 0 Å². The van der Waals surface area contributed by atoms with Crippen molar-refractivity contribution < 1.29 is 42.5 Å². The topological polar surface area (TPSA) is 8.17 Å². The van der Waals surface area contributed by atoms with E-state index in [4.69, 9.17) is 24.7 Å². The van der Waals surface area contributed by atoms with E-state index in [0.717, 1.165) is 4.57 Å². The summed E-state index contributed by atoms with van der Waals surface area (Å²) in [5.74, 6) is 0. The molecule has 52 heavy (non-hydrogen) atoms. The van der Waals surface area contributed by atoms with Gasteiger partial charge in [0.25, 0.3) is 0 Å². The maximum absolute atomic E-state index is 10.1. The normalized spacial score (nSPS) is 19.9. The third-order valence-corrected chi connectivity index (χ3v) is 9.35. The first-order chi connectivity index (χ1) is 38.6. The predicted molar refractivity (Wildman–Crippen MR) is 224 cm³/mol. The number of aromatic nitrogens is 1. The number of para-hydroxylation sites is 3. The van der Waals surface area contributed by atoms with Crippen molar-refractivity contribution in [2.24, 2.45) is 0 Å². The smallest absolute Gasteiger partial charge is 0.0645 e. The highest BCUT2D eigenvalue weighted by molar-refractivity contribution is 7.26. The van der Waals surface area contributed by atoms with E-state index in [1.807, 2.05) is 0 Å². The molecule has 0 atom stereocenters. The molecule has 10 rings (SSSR count). The monoisotopic (exact) mass is 713 g/mol. The molecule has 10 aromatic rings. The summed E-state index contributed by atoms with van der Waals surface area (Å²) in [4.78, 5) is 0.464. The van der Waals surface area contributed by atoms with Crippen LogP contribution >= 0.6 is 11.3 Å². The molecule has 0 saturated heterocycles. The minimum Gasteiger partial charge on any atom is -0.310 e. The minimum atomic E-state index is -1.24. The summed E-state index contributed by atoms with van der Waals surface area (Å²) < 4.78 is 281. The van der Waals surface area contributed by atoms with Crippen molar-refractivity contribution in [3.8, 4) is 27.9 Å². The Morgan fingerprint density at radius 1 is 0.481 bits per heavy atom. The van der Waals surface area contributed by atoms with Gasteiger partial charge in [0.05, 0.1) is 59.2 Å². The Kier molecular flexibility index (Phi) is 2.95. The fourth-order valence-electron chi connectivity index (χ4n) is 5.99. The first-order valence-corrected chi connectivity index (χ1v) is 16.1. The highest BCUT2D eigenvalue weighted by atomic mass is 32.1. The van der Waals surface area contributed by atoms with E-state index >= 15 is 0 Å². The van der Waals surface area contributed by atoms with Gasteiger partial charge in [-0.3, -0.25) is 0 Å². The van der Waals surface area contributed by atoms with E-state index < -0.39 is 275 Å². The average molecular weight is 714 g/mol. The number of anilines is 3. The molecule has 8 aromatic carbocycles. The van der Waals surface area contributed by atoms with Crippen molar-refractivity contribution >= 4 is 70.4 Å². The van der Waals surface area contributed by atoms with Gasteiger partial charge in [0, 0.05) is 53.6 Å². The largest absolute Gasteiger partial charge is 0.310 e. The maximum atomic E-state index is 10.1. The first kappa shape index (κ1) is 12.4. The summed E-state index contributed by atoms with van der Waals surface area (Å²) in [5.41, 5.74) is -8.47. The van der Waals surface area contributed by atoms with E-state index in [9.17, 15) is 17.8 Å². The van der Waals surface area contributed by atoms with Crippen LogP contribution in [0.3, 0.4) is 0 Å². The second-order valence-electron chi connectivity index (χ2n) is 11.0. The Balaban J connectivity index is 1.52. The van der Waals surface area contributed by atoms with Crippen LogP contribution in [0.2, 0.25) is 0 Å².